The smallest absolute Gasteiger partial charge is 0.488 e. The molecule has 0 atom stereocenters. The van der Waals surface area contributed by atoms with Gasteiger partial charge in [0, 0.05) is 15.8 Å². The number of nitrogen functional groups attached to an aromatic ring is 2. The van der Waals surface area contributed by atoms with Gasteiger partial charge in [0.2, 0.25) is 0 Å². The molecule has 6 nitrogen and oxygen atoms in total. The number of benzene rings is 4. The van der Waals surface area contributed by atoms with Crippen LogP contribution in [0.5, 0.6) is 11.5 Å². The minimum absolute atomic E-state index is 0.417. The second-order valence-corrected chi connectivity index (χ2v) is 7.98. The number of nitrogens with two attached hydrogens (primary N) is 2. The Morgan fingerprint density at radius 1 is 0.647 bits per heavy atom. The van der Waals surface area contributed by atoms with Gasteiger partial charge in [-0.3, -0.25) is 0 Å². The van der Waals surface area contributed by atoms with E-state index in [1.807, 2.05) is 72.8 Å². The Bertz CT molecular complexity index is 1170. The first kappa shape index (κ1) is 26.8. The molecule has 0 saturated heterocycles. The lowest BCUT2D eigenvalue weighted by molar-refractivity contribution is 0.414. The summed E-state index contributed by atoms with van der Waals surface area (Å²) in [5.41, 5.74) is 15.1. The number of hydrogen-bond acceptors (Lipinski definition) is 6. The van der Waals surface area contributed by atoms with Crippen molar-refractivity contribution >= 4 is 39.9 Å². The van der Waals surface area contributed by atoms with E-state index in [0.717, 1.165) is 32.8 Å². The quantitative estimate of drug-likeness (QED) is 0.234. The van der Waals surface area contributed by atoms with E-state index >= 15 is 0 Å². The van der Waals surface area contributed by atoms with Crippen LogP contribution in [0, 0.1) is 0 Å². The monoisotopic (exact) mass is 522 g/mol. The fraction of sp³-hybridized carbons (Fsp3) is 0.0769. The number of rotatable bonds is 4. The van der Waals surface area contributed by atoms with E-state index in [9.17, 15) is 0 Å². The Hall–Kier alpha value is -3.46. The van der Waals surface area contributed by atoms with Crippen molar-refractivity contribution in [2.75, 3.05) is 25.7 Å². The first-order valence-corrected chi connectivity index (χ1v) is 11.1. The summed E-state index contributed by atoms with van der Waals surface area (Å²) in [5.74, 6) is 1.74. The maximum atomic E-state index is 8.65. The van der Waals surface area contributed by atoms with Gasteiger partial charge in [-0.1, -0.05) is 58.4 Å². The summed E-state index contributed by atoms with van der Waals surface area (Å²) in [6.07, 6.45) is 0. The molecule has 4 rings (SSSR count). The maximum Gasteiger partial charge on any atom is 0.488 e. The van der Waals surface area contributed by atoms with Gasteiger partial charge in [0.15, 0.2) is 0 Å². The third kappa shape index (κ3) is 9.19. The summed E-state index contributed by atoms with van der Waals surface area (Å²) in [6, 6.07) is 29.9. The van der Waals surface area contributed by atoms with Gasteiger partial charge in [-0.2, -0.15) is 0 Å². The van der Waals surface area contributed by atoms with Crippen molar-refractivity contribution in [3.8, 4) is 22.6 Å². The topological polar surface area (TPSA) is 111 Å². The molecular weight excluding hydrogens is 495 g/mol. The van der Waals surface area contributed by atoms with E-state index in [-0.39, 0.29) is 0 Å². The van der Waals surface area contributed by atoms with Crippen molar-refractivity contribution in [3.63, 3.8) is 0 Å². The highest BCUT2D eigenvalue weighted by molar-refractivity contribution is 9.10. The Balaban J connectivity index is 0.000000189. The molecule has 0 heterocycles. The van der Waals surface area contributed by atoms with Gasteiger partial charge < -0.3 is 31.0 Å². The van der Waals surface area contributed by atoms with E-state index in [4.69, 9.17) is 31.0 Å². The molecule has 6 N–H and O–H groups in total. The molecule has 176 valence electrons. The molecule has 0 aliphatic rings. The first-order valence-electron chi connectivity index (χ1n) is 10.3. The summed E-state index contributed by atoms with van der Waals surface area (Å²) >= 11 is 3.32. The maximum absolute atomic E-state index is 8.65. The summed E-state index contributed by atoms with van der Waals surface area (Å²) in [7, 11) is 1.89. The number of halogens is 1. The lowest BCUT2D eigenvalue weighted by atomic mass is 9.80. The van der Waals surface area contributed by atoms with E-state index < -0.39 is 7.12 Å². The van der Waals surface area contributed by atoms with Crippen LogP contribution >= 0.6 is 15.9 Å². The third-order valence-corrected chi connectivity index (χ3v) is 5.02. The van der Waals surface area contributed by atoms with Crippen molar-refractivity contribution in [1.29, 1.82) is 0 Å². The second-order valence-electron chi connectivity index (χ2n) is 7.06. The molecule has 0 fully saturated rings. The molecule has 0 aliphatic carbocycles. The minimum atomic E-state index is -1.43. The van der Waals surface area contributed by atoms with E-state index in [2.05, 4.69) is 15.9 Å². The first-order chi connectivity index (χ1) is 16.3. The van der Waals surface area contributed by atoms with Crippen LogP contribution in [0.2, 0.25) is 0 Å². The highest BCUT2D eigenvalue weighted by atomic mass is 79.9. The van der Waals surface area contributed by atoms with Gasteiger partial charge in [-0.05, 0) is 71.2 Å². The molecule has 8 heteroatoms. The van der Waals surface area contributed by atoms with Crippen LogP contribution in [0.15, 0.2) is 102 Å². The highest BCUT2D eigenvalue weighted by Crippen LogP contribution is 2.24. The van der Waals surface area contributed by atoms with Crippen LogP contribution < -0.4 is 26.4 Å². The van der Waals surface area contributed by atoms with Crippen LogP contribution in [-0.2, 0) is 0 Å². The highest BCUT2D eigenvalue weighted by Gasteiger charge is 2.09. The average molecular weight is 523 g/mol. The summed E-state index contributed by atoms with van der Waals surface area (Å²) < 4.78 is 11.2. The number of ether oxygens (including phenoxy) is 2. The Morgan fingerprint density at radius 2 is 1.15 bits per heavy atom. The van der Waals surface area contributed by atoms with Gasteiger partial charge >= 0.3 is 7.12 Å². The molecular formula is C26H28BBrN2O4. The predicted molar refractivity (Wildman–Crippen MR) is 144 cm³/mol. The van der Waals surface area contributed by atoms with Crippen molar-refractivity contribution in [3.05, 3.63) is 102 Å². The van der Waals surface area contributed by atoms with Gasteiger partial charge in [0.1, 0.15) is 11.5 Å². The van der Waals surface area contributed by atoms with Crippen LogP contribution in [0.3, 0.4) is 0 Å². The normalized spacial score (nSPS) is 9.56. The standard InChI is InChI=1S/C13H13NO.C7H7BrO.C6H8BNO2/c1-15-13-7-3-5-11(9-13)10-4-2-6-12(14)8-10;1-9-7-4-2-3-6(8)5-7;8-6-3-1-2-5(4-6)7(9)10/h2-9H,14H2,1H3;2-5H,1H3;1-4,9-10H,8H2. The molecule has 0 saturated carbocycles. The lowest BCUT2D eigenvalue weighted by Gasteiger charge is -2.05. The van der Waals surface area contributed by atoms with E-state index in [1.165, 1.54) is 6.07 Å². The Labute approximate surface area is 209 Å². The predicted octanol–water partition coefficient (Wildman–Crippen LogP) is 4.35. The Kier molecular flexibility index (Phi) is 11.0. The van der Waals surface area contributed by atoms with Crippen LogP contribution in [0.1, 0.15) is 0 Å². The number of methoxy groups -OCH3 is 2. The molecule has 0 radical (unpaired) electrons. The fourth-order valence-corrected chi connectivity index (χ4v) is 3.21. The molecule has 0 unspecified atom stereocenters. The average Bonchev–Trinajstić information content (AvgIpc) is 2.85. The molecule has 0 amide bonds. The molecule has 34 heavy (non-hydrogen) atoms. The van der Waals surface area contributed by atoms with E-state index in [0.29, 0.717) is 11.2 Å². The molecule has 0 bridgehead atoms. The van der Waals surface area contributed by atoms with Gasteiger partial charge in [-0.25, -0.2) is 0 Å². The van der Waals surface area contributed by atoms with Crippen LogP contribution in [0.25, 0.3) is 11.1 Å². The molecule has 4 aromatic rings. The fourth-order valence-electron chi connectivity index (χ4n) is 2.83. The van der Waals surface area contributed by atoms with Gasteiger partial charge in [0.05, 0.1) is 14.2 Å². The van der Waals surface area contributed by atoms with Crippen molar-refractivity contribution in [2.45, 2.75) is 0 Å². The SMILES string of the molecule is COc1cccc(-c2cccc(N)c2)c1.COc1cccc(Br)c1.Nc1cccc(B(O)O)c1. The molecule has 0 spiro atoms. The molecule has 0 aromatic heterocycles. The summed E-state index contributed by atoms with van der Waals surface area (Å²) in [6.45, 7) is 0. The Morgan fingerprint density at radius 3 is 1.62 bits per heavy atom. The minimum Gasteiger partial charge on any atom is -0.497 e. The molecule has 4 aromatic carbocycles. The largest absolute Gasteiger partial charge is 0.497 e. The van der Waals surface area contributed by atoms with Crippen molar-refractivity contribution < 1.29 is 19.5 Å². The van der Waals surface area contributed by atoms with Gasteiger partial charge in [-0.15, -0.1) is 0 Å². The zero-order valence-corrected chi connectivity index (χ0v) is 20.6. The summed E-state index contributed by atoms with van der Waals surface area (Å²) in [5, 5.41) is 17.3. The second kappa shape index (κ2) is 13.9. The lowest BCUT2D eigenvalue weighted by Crippen LogP contribution is -2.29. The third-order valence-electron chi connectivity index (χ3n) is 4.53. The van der Waals surface area contributed by atoms with Crippen molar-refractivity contribution in [1.82, 2.24) is 0 Å². The zero-order valence-electron chi connectivity index (χ0n) is 19.1. The van der Waals surface area contributed by atoms with Crippen LogP contribution in [0.4, 0.5) is 11.4 Å². The summed E-state index contributed by atoms with van der Waals surface area (Å²) in [4.78, 5) is 0. The number of hydrogen-bond donors (Lipinski definition) is 4. The van der Waals surface area contributed by atoms with Crippen LogP contribution in [-0.4, -0.2) is 31.4 Å². The zero-order chi connectivity index (χ0) is 24.9. The number of anilines is 2. The van der Waals surface area contributed by atoms with Crippen molar-refractivity contribution in [2.24, 2.45) is 0 Å². The van der Waals surface area contributed by atoms with Gasteiger partial charge in [0.25, 0.3) is 0 Å². The van der Waals surface area contributed by atoms with E-state index in [1.54, 1.807) is 32.4 Å². The molecule has 0 aliphatic heterocycles.